The maximum Gasteiger partial charge on any atom is 0.278 e. The average molecular weight is 385 g/mol. The van der Waals surface area contributed by atoms with Gasteiger partial charge in [0.05, 0.1) is 10.6 Å². The van der Waals surface area contributed by atoms with Crippen molar-refractivity contribution in [1.82, 2.24) is 10.2 Å². The molecule has 0 aliphatic rings. The van der Waals surface area contributed by atoms with Crippen molar-refractivity contribution in [2.45, 2.75) is 0 Å². The molecule has 0 spiro atoms. The first kappa shape index (κ1) is 10.4. The van der Waals surface area contributed by atoms with Crippen LogP contribution < -0.4 is 0 Å². The third-order valence-corrected chi connectivity index (χ3v) is 3.31. The molecule has 14 heavy (non-hydrogen) atoms. The molecule has 1 heterocycles. The second-order valence-corrected chi connectivity index (χ2v) is 4.62. The number of nitrogens with zero attached hydrogens (tertiary/aromatic N) is 2. The van der Waals surface area contributed by atoms with Crippen LogP contribution in [0.1, 0.15) is 0 Å². The molecule has 0 N–H and O–H groups in total. The third-order valence-electron chi connectivity index (χ3n) is 1.58. The predicted molar refractivity (Wildman–Crippen MR) is 65.2 cm³/mol. The van der Waals surface area contributed by atoms with E-state index >= 15 is 0 Å². The largest absolute Gasteiger partial charge is 0.412 e. The average Bonchev–Trinajstić information content (AvgIpc) is 2.57. The first-order chi connectivity index (χ1) is 6.68. The Kier molecular flexibility index (Phi) is 3.08. The molecular weight excluding hydrogens is 382 g/mol. The van der Waals surface area contributed by atoms with Crippen molar-refractivity contribution in [3.8, 4) is 11.5 Å². The van der Waals surface area contributed by atoms with Crippen molar-refractivity contribution < 1.29 is 4.42 Å². The Balaban J connectivity index is 2.57. The fourth-order valence-electron chi connectivity index (χ4n) is 0.983. The van der Waals surface area contributed by atoms with E-state index in [1.54, 1.807) is 0 Å². The molecular formula is C8H3BrClIN2O. The van der Waals surface area contributed by atoms with Gasteiger partial charge in [0.2, 0.25) is 5.89 Å². The Morgan fingerprint density at radius 3 is 2.79 bits per heavy atom. The van der Waals surface area contributed by atoms with Gasteiger partial charge < -0.3 is 4.42 Å². The van der Waals surface area contributed by atoms with Gasteiger partial charge in [0.1, 0.15) is 0 Å². The number of benzene rings is 1. The van der Waals surface area contributed by atoms with Crippen LogP contribution in [0.3, 0.4) is 0 Å². The second kappa shape index (κ2) is 4.16. The number of hydrogen-bond acceptors (Lipinski definition) is 3. The molecule has 0 atom stereocenters. The van der Waals surface area contributed by atoms with Crippen LogP contribution in [0.15, 0.2) is 27.1 Å². The van der Waals surface area contributed by atoms with E-state index in [9.17, 15) is 0 Å². The van der Waals surface area contributed by atoms with Crippen molar-refractivity contribution in [1.29, 1.82) is 0 Å². The van der Waals surface area contributed by atoms with Crippen LogP contribution in [0.2, 0.25) is 5.02 Å². The Morgan fingerprint density at radius 2 is 2.14 bits per heavy atom. The minimum Gasteiger partial charge on any atom is -0.412 e. The summed E-state index contributed by atoms with van der Waals surface area (Å²) in [4.78, 5) is 0. The van der Waals surface area contributed by atoms with Crippen LogP contribution in [0.25, 0.3) is 11.5 Å². The second-order valence-electron chi connectivity index (χ2n) is 2.46. The molecule has 1 aromatic heterocycles. The van der Waals surface area contributed by atoms with E-state index in [-0.39, 0.29) is 0 Å². The van der Waals surface area contributed by atoms with Crippen LogP contribution in [-0.2, 0) is 0 Å². The van der Waals surface area contributed by atoms with E-state index in [4.69, 9.17) is 16.0 Å². The molecule has 72 valence electrons. The normalized spacial score (nSPS) is 10.5. The van der Waals surface area contributed by atoms with Crippen molar-refractivity contribution in [3.05, 3.63) is 31.6 Å². The minimum atomic E-state index is 0.431. The number of aromatic nitrogens is 2. The molecule has 0 radical (unpaired) electrons. The van der Waals surface area contributed by atoms with Crippen molar-refractivity contribution >= 4 is 50.1 Å². The van der Waals surface area contributed by atoms with Gasteiger partial charge in [-0.15, -0.1) is 10.2 Å². The summed E-state index contributed by atoms with van der Waals surface area (Å²) in [7, 11) is 0. The summed E-state index contributed by atoms with van der Waals surface area (Å²) in [5.74, 6) is 0.431. The van der Waals surface area contributed by atoms with Crippen LogP contribution in [0.5, 0.6) is 0 Å². The van der Waals surface area contributed by atoms with Gasteiger partial charge in [-0.2, -0.15) is 0 Å². The summed E-state index contributed by atoms with van der Waals surface area (Å²) in [6.45, 7) is 0. The summed E-state index contributed by atoms with van der Waals surface area (Å²) in [5.41, 5.74) is 0.733. The standard InChI is InChI=1S/C8H3BrClIN2O/c9-5-3-1-2-4(6(5)10)7-12-13-8(11)14-7/h1-3H. The highest BCUT2D eigenvalue weighted by Gasteiger charge is 2.12. The lowest BCUT2D eigenvalue weighted by atomic mass is 10.2. The molecule has 1 aromatic carbocycles. The maximum atomic E-state index is 6.06. The molecule has 0 fully saturated rings. The monoisotopic (exact) mass is 384 g/mol. The predicted octanol–water partition coefficient (Wildman–Crippen LogP) is 3.76. The quantitative estimate of drug-likeness (QED) is 0.702. The lowest BCUT2D eigenvalue weighted by molar-refractivity contribution is 0.537. The molecule has 0 saturated carbocycles. The Hall–Kier alpha value is -0.140. The van der Waals surface area contributed by atoms with E-state index in [1.165, 1.54) is 0 Å². The van der Waals surface area contributed by atoms with Gasteiger partial charge in [-0.1, -0.05) is 17.7 Å². The van der Waals surface area contributed by atoms with Gasteiger partial charge in [0, 0.05) is 27.1 Å². The van der Waals surface area contributed by atoms with Crippen LogP contribution in [-0.4, -0.2) is 10.2 Å². The number of halogens is 3. The molecule has 0 unspecified atom stereocenters. The molecule has 0 amide bonds. The van der Waals surface area contributed by atoms with Crippen molar-refractivity contribution in [2.24, 2.45) is 0 Å². The first-order valence-corrected chi connectivity index (χ1v) is 5.87. The Morgan fingerprint density at radius 1 is 1.36 bits per heavy atom. The van der Waals surface area contributed by atoms with Crippen molar-refractivity contribution in [2.75, 3.05) is 0 Å². The van der Waals surface area contributed by atoms with E-state index in [0.717, 1.165) is 10.0 Å². The maximum absolute atomic E-state index is 6.06. The highest BCUT2D eigenvalue weighted by atomic mass is 127. The SMILES string of the molecule is Clc1c(Br)cccc1-c1nnc(I)o1. The van der Waals surface area contributed by atoms with Crippen LogP contribution in [0, 0.1) is 3.90 Å². The fourth-order valence-corrected chi connectivity index (χ4v) is 1.87. The zero-order chi connectivity index (χ0) is 10.1. The highest BCUT2D eigenvalue weighted by Crippen LogP contribution is 2.32. The van der Waals surface area contributed by atoms with Gasteiger partial charge in [-0.25, -0.2) is 0 Å². The minimum absolute atomic E-state index is 0.431. The van der Waals surface area contributed by atoms with E-state index in [1.807, 2.05) is 40.8 Å². The fraction of sp³-hybridized carbons (Fsp3) is 0. The molecule has 2 aromatic rings. The van der Waals surface area contributed by atoms with Gasteiger partial charge in [-0.3, -0.25) is 0 Å². The third kappa shape index (κ3) is 1.94. The zero-order valence-corrected chi connectivity index (χ0v) is 11.2. The Labute approximate surface area is 107 Å². The summed E-state index contributed by atoms with van der Waals surface area (Å²) >= 11 is 11.3. The molecule has 0 saturated heterocycles. The highest BCUT2D eigenvalue weighted by molar-refractivity contribution is 14.1. The molecule has 0 aliphatic heterocycles. The van der Waals surface area contributed by atoms with Gasteiger partial charge in [0.15, 0.2) is 0 Å². The van der Waals surface area contributed by atoms with E-state index in [2.05, 4.69) is 26.1 Å². The molecule has 6 heteroatoms. The first-order valence-electron chi connectivity index (χ1n) is 3.62. The molecule has 0 bridgehead atoms. The molecule has 3 nitrogen and oxygen atoms in total. The molecule has 0 aliphatic carbocycles. The number of hydrogen-bond donors (Lipinski definition) is 0. The summed E-state index contributed by atoms with van der Waals surface area (Å²) in [5, 5.41) is 8.19. The topological polar surface area (TPSA) is 38.9 Å². The van der Waals surface area contributed by atoms with Crippen LogP contribution >= 0.6 is 50.1 Å². The summed E-state index contributed by atoms with van der Waals surface area (Å²) in [6, 6.07) is 5.55. The lowest BCUT2D eigenvalue weighted by Gasteiger charge is -1.99. The molecule has 2 rings (SSSR count). The van der Waals surface area contributed by atoms with Crippen LogP contribution in [0.4, 0.5) is 0 Å². The van der Waals surface area contributed by atoms with E-state index in [0.29, 0.717) is 14.8 Å². The van der Waals surface area contributed by atoms with Gasteiger partial charge >= 0.3 is 0 Å². The Bertz CT molecular complexity index is 474. The van der Waals surface area contributed by atoms with Gasteiger partial charge in [0.25, 0.3) is 3.90 Å². The number of rotatable bonds is 1. The van der Waals surface area contributed by atoms with E-state index < -0.39 is 0 Å². The summed E-state index contributed by atoms with van der Waals surface area (Å²) < 4.78 is 6.57. The lowest BCUT2D eigenvalue weighted by Crippen LogP contribution is -1.80. The zero-order valence-electron chi connectivity index (χ0n) is 6.67. The van der Waals surface area contributed by atoms with Gasteiger partial charge in [-0.05, 0) is 28.1 Å². The smallest absolute Gasteiger partial charge is 0.278 e. The summed E-state index contributed by atoms with van der Waals surface area (Å²) in [6.07, 6.45) is 0. The van der Waals surface area contributed by atoms with Crippen molar-refractivity contribution in [3.63, 3.8) is 0 Å².